The summed E-state index contributed by atoms with van der Waals surface area (Å²) in [6.07, 6.45) is 9.38. The molecule has 1 aliphatic carbocycles. The highest BCUT2D eigenvalue weighted by Gasteiger charge is 2.16. The molecule has 0 saturated carbocycles. The standard InChI is InChI=1S/C15H19BrFN/c16-14-9-8-12(17)10-13(14)15(18)11-6-4-2-1-3-5-7-11/h6,8-10,15H,1-5,7,18H2/b11-6+. The fourth-order valence-electron chi connectivity index (χ4n) is 2.45. The van der Waals surface area contributed by atoms with Gasteiger partial charge in [-0.15, -0.1) is 0 Å². The first-order valence-electron chi connectivity index (χ1n) is 6.58. The molecule has 2 N–H and O–H groups in total. The summed E-state index contributed by atoms with van der Waals surface area (Å²) in [5, 5.41) is 0. The van der Waals surface area contributed by atoms with Gasteiger partial charge in [0.2, 0.25) is 0 Å². The van der Waals surface area contributed by atoms with Gasteiger partial charge in [0.1, 0.15) is 5.82 Å². The zero-order valence-electron chi connectivity index (χ0n) is 10.5. The van der Waals surface area contributed by atoms with E-state index in [0.29, 0.717) is 0 Å². The van der Waals surface area contributed by atoms with Crippen molar-refractivity contribution in [1.82, 2.24) is 0 Å². The minimum absolute atomic E-state index is 0.187. The molecule has 1 unspecified atom stereocenters. The van der Waals surface area contributed by atoms with Crippen molar-refractivity contribution in [2.24, 2.45) is 5.73 Å². The van der Waals surface area contributed by atoms with E-state index >= 15 is 0 Å². The number of allylic oxidation sites excluding steroid dienone is 1. The van der Waals surface area contributed by atoms with Gasteiger partial charge in [0, 0.05) is 4.47 Å². The predicted octanol–water partition coefficient (Wildman–Crippen LogP) is 4.87. The lowest BCUT2D eigenvalue weighted by molar-refractivity contribution is 0.597. The monoisotopic (exact) mass is 311 g/mol. The summed E-state index contributed by atoms with van der Waals surface area (Å²) in [4.78, 5) is 0. The van der Waals surface area contributed by atoms with Gasteiger partial charge in [-0.3, -0.25) is 0 Å². The van der Waals surface area contributed by atoms with Crippen LogP contribution in [0.3, 0.4) is 0 Å². The third-order valence-corrected chi connectivity index (χ3v) is 4.24. The summed E-state index contributed by atoms with van der Waals surface area (Å²) < 4.78 is 14.2. The summed E-state index contributed by atoms with van der Waals surface area (Å²) in [6, 6.07) is 4.53. The molecule has 1 aromatic carbocycles. The van der Waals surface area contributed by atoms with Crippen LogP contribution in [0.4, 0.5) is 4.39 Å². The van der Waals surface area contributed by atoms with E-state index in [4.69, 9.17) is 5.73 Å². The Morgan fingerprint density at radius 3 is 2.78 bits per heavy atom. The Balaban J connectivity index is 2.23. The van der Waals surface area contributed by atoms with E-state index in [0.717, 1.165) is 22.9 Å². The number of benzene rings is 1. The van der Waals surface area contributed by atoms with Crippen molar-refractivity contribution in [3.05, 3.63) is 45.7 Å². The molecule has 1 aliphatic rings. The van der Waals surface area contributed by atoms with Gasteiger partial charge in [0.25, 0.3) is 0 Å². The average molecular weight is 312 g/mol. The molecule has 98 valence electrons. The molecule has 0 bridgehead atoms. The van der Waals surface area contributed by atoms with E-state index in [1.165, 1.54) is 43.4 Å². The normalized spacial score (nSPS) is 21.6. The topological polar surface area (TPSA) is 26.0 Å². The lowest BCUT2D eigenvalue weighted by Crippen LogP contribution is -2.15. The van der Waals surface area contributed by atoms with E-state index in [1.54, 1.807) is 6.07 Å². The number of hydrogen-bond donors (Lipinski definition) is 1. The third kappa shape index (κ3) is 3.42. The van der Waals surface area contributed by atoms with Crippen LogP contribution in [0.25, 0.3) is 0 Å². The molecular formula is C15H19BrFN. The first kappa shape index (κ1) is 13.8. The molecule has 1 aromatic rings. The molecule has 0 saturated heterocycles. The molecule has 1 atom stereocenters. The van der Waals surface area contributed by atoms with Gasteiger partial charge in [-0.2, -0.15) is 0 Å². The molecule has 18 heavy (non-hydrogen) atoms. The van der Waals surface area contributed by atoms with Crippen molar-refractivity contribution in [3.63, 3.8) is 0 Å². The highest BCUT2D eigenvalue weighted by Crippen LogP contribution is 2.31. The largest absolute Gasteiger partial charge is 0.321 e. The van der Waals surface area contributed by atoms with Gasteiger partial charge >= 0.3 is 0 Å². The van der Waals surface area contributed by atoms with Crippen LogP contribution < -0.4 is 5.73 Å². The van der Waals surface area contributed by atoms with E-state index in [1.807, 2.05) is 0 Å². The van der Waals surface area contributed by atoms with E-state index in [9.17, 15) is 4.39 Å². The minimum Gasteiger partial charge on any atom is -0.321 e. The maximum absolute atomic E-state index is 13.3. The Bertz CT molecular complexity index is 442. The lowest BCUT2D eigenvalue weighted by atomic mass is 9.91. The average Bonchev–Trinajstić information content (AvgIpc) is 2.31. The van der Waals surface area contributed by atoms with Crippen molar-refractivity contribution in [2.75, 3.05) is 0 Å². The second-order valence-corrected chi connectivity index (χ2v) is 5.73. The van der Waals surface area contributed by atoms with Crippen molar-refractivity contribution >= 4 is 15.9 Å². The molecule has 0 aromatic heterocycles. The van der Waals surface area contributed by atoms with Crippen molar-refractivity contribution in [3.8, 4) is 0 Å². The Morgan fingerprint density at radius 1 is 1.17 bits per heavy atom. The minimum atomic E-state index is -0.227. The molecule has 0 aliphatic heterocycles. The molecule has 0 spiro atoms. The predicted molar refractivity (Wildman–Crippen MR) is 76.8 cm³/mol. The van der Waals surface area contributed by atoms with Crippen LogP contribution in [-0.2, 0) is 0 Å². The van der Waals surface area contributed by atoms with Crippen LogP contribution in [0.15, 0.2) is 34.3 Å². The zero-order valence-corrected chi connectivity index (χ0v) is 12.0. The van der Waals surface area contributed by atoms with Gasteiger partial charge in [-0.05, 0) is 49.4 Å². The Morgan fingerprint density at radius 2 is 1.94 bits per heavy atom. The summed E-state index contributed by atoms with van der Waals surface area (Å²) >= 11 is 3.46. The van der Waals surface area contributed by atoms with E-state index in [-0.39, 0.29) is 11.9 Å². The molecule has 0 heterocycles. The summed E-state index contributed by atoms with van der Waals surface area (Å²) in [6.45, 7) is 0. The van der Waals surface area contributed by atoms with Crippen molar-refractivity contribution in [1.29, 1.82) is 0 Å². The molecule has 2 rings (SSSR count). The van der Waals surface area contributed by atoms with Crippen LogP contribution in [0.1, 0.15) is 50.1 Å². The van der Waals surface area contributed by atoms with Crippen LogP contribution in [-0.4, -0.2) is 0 Å². The maximum Gasteiger partial charge on any atom is 0.123 e. The van der Waals surface area contributed by atoms with Crippen LogP contribution in [0, 0.1) is 5.82 Å². The molecule has 0 amide bonds. The number of nitrogens with two attached hydrogens (primary N) is 1. The smallest absolute Gasteiger partial charge is 0.123 e. The SMILES string of the molecule is NC(/C1=C/CCCCCC1)c1cc(F)ccc1Br. The Kier molecular flexibility index (Phi) is 4.95. The third-order valence-electron chi connectivity index (χ3n) is 3.52. The fraction of sp³-hybridized carbons (Fsp3) is 0.467. The Hall–Kier alpha value is -0.670. The first-order valence-corrected chi connectivity index (χ1v) is 7.37. The van der Waals surface area contributed by atoms with Gasteiger partial charge in [0.15, 0.2) is 0 Å². The molecule has 3 heteroatoms. The fourth-order valence-corrected chi connectivity index (χ4v) is 2.94. The number of hydrogen-bond acceptors (Lipinski definition) is 1. The second-order valence-electron chi connectivity index (χ2n) is 4.88. The second kappa shape index (κ2) is 6.48. The van der Waals surface area contributed by atoms with E-state index < -0.39 is 0 Å². The molecule has 0 radical (unpaired) electrons. The van der Waals surface area contributed by atoms with Crippen LogP contribution >= 0.6 is 15.9 Å². The Labute approximate surface area is 116 Å². The number of halogens is 2. The van der Waals surface area contributed by atoms with Gasteiger partial charge < -0.3 is 5.73 Å². The maximum atomic E-state index is 13.3. The lowest BCUT2D eigenvalue weighted by Gasteiger charge is -2.20. The highest BCUT2D eigenvalue weighted by atomic mass is 79.9. The quantitative estimate of drug-likeness (QED) is 0.775. The summed E-state index contributed by atoms with van der Waals surface area (Å²) in [5.74, 6) is -0.227. The summed E-state index contributed by atoms with van der Waals surface area (Å²) in [7, 11) is 0. The van der Waals surface area contributed by atoms with Gasteiger partial charge in [-0.1, -0.05) is 40.4 Å². The zero-order chi connectivity index (χ0) is 13.0. The van der Waals surface area contributed by atoms with Gasteiger partial charge in [-0.25, -0.2) is 4.39 Å². The van der Waals surface area contributed by atoms with Crippen LogP contribution in [0.5, 0.6) is 0 Å². The molecule has 1 nitrogen and oxygen atoms in total. The summed E-state index contributed by atoms with van der Waals surface area (Å²) in [5.41, 5.74) is 8.39. The first-order chi connectivity index (χ1) is 8.68. The highest BCUT2D eigenvalue weighted by molar-refractivity contribution is 9.10. The van der Waals surface area contributed by atoms with E-state index in [2.05, 4.69) is 22.0 Å². The number of rotatable bonds is 2. The van der Waals surface area contributed by atoms with Gasteiger partial charge in [0.05, 0.1) is 6.04 Å². The van der Waals surface area contributed by atoms with Crippen LogP contribution in [0.2, 0.25) is 0 Å². The van der Waals surface area contributed by atoms with Crippen molar-refractivity contribution in [2.45, 2.75) is 44.6 Å². The molecule has 0 fully saturated rings. The molecular weight excluding hydrogens is 293 g/mol. The van der Waals surface area contributed by atoms with Crippen molar-refractivity contribution < 1.29 is 4.39 Å².